The molecule has 8 heteroatoms. The number of aliphatic imine (C=N–C) groups is 1. The molecule has 2 heterocycles. The normalized spacial score (nSPS) is 17.7. The Morgan fingerprint density at radius 2 is 2.00 bits per heavy atom. The lowest BCUT2D eigenvalue weighted by molar-refractivity contribution is 0.294. The Kier molecular flexibility index (Phi) is 5.05. The number of anilines is 1. The number of nitrogens with two attached hydrogens (primary N) is 1. The van der Waals surface area contributed by atoms with Gasteiger partial charge in [-0.05, 0) is 45.8 Å². The van der Waals surface area contributed by atoms with E-state index in [0.29, 0.717) is 37.8 Å². The maximum atomic E-state index is 13.5. The first-order valence-electron chi connectivity index (χ1n) is 8.39. The third-order valence-electron chi connectivity index (χ3n) is 4.42. The third kappa shape index (κ3) is 3.48. The van der Waals surface area contributed by atoms with Crippen LogP contribution in [-0.2, 0) is 12.3 Å². The van der Waals surface area contributed by atoms with Crippen LogP contribution in [0.15, 0.2) is 64.2 Å². The lowest BCUT2D eigenvalue weighted by atomic mass is 9.90. The van der Waals surface area contributed by atoms with E-state index in [-0.39, 0.29) is 12.4 Å². The summed E-state index contributed by atoms with van der Waals surface area (Å²) in [7, 11) is 0. The molecule has 3 N–H and O–H groups in total. The Balaban J connectivity index is 1.77. The van der Waals surface area contributed by atoms with E-state index in [0.717, 1.165) is 0 Å². The number of hydrogen-bond acceptors (Lipinski definition) is 5. The minimum Gasteiger partial charge on any atom is -0.487 e. The predicted molar refractivity (Wildman–Crippen MR) is 111 cm³/mol. The van der Waals surface area contributed by atoms with E-state index in [1.54, 1.807) is 24.4 Å². The summed E-state index contributed by atoms with van der Waals surface area (Å²) < 4.78 is 20.2. The molecule has 1 aromatic heterocycles. The number of para-hydroxylation sites is 1. The number of halogens is 3. The second-order valence-corrected chi connectivity index (χ2v) is 7.50. The highest BCUT2D eigenvalue weighted by Crippen LogP contribution is 2.43. The average Bonchev–Trinajstić information content (AvgIpc) is 2.68. The average molecular weight is 462 g/mol. The first-order valence-corrected chi connectivity index (χ1v) is 9.56. The minimum atomic E-state index is -1.23. The number of pyridine rings is 1. The summed E-state index contributed by atoms with van der Waals surface area (Å²) in [5, 5.41) is 3.34. The number of ether oxygens (including phenoxy) is 1. The molecule has 0 aliphatic carbocycles. The summed E-state index contributed by atoms with van der Waals surface area (Å²) >= 11 is 9.62. The van der Waals surface area contributed by atoms with Crippen LogP contribution in [-0.4, -0.2) is 11.3 Å². The summed E-state index contributed by atoms with van der Waals surface area (Å²) in [6, 6.07) is 13.5. The Morgan fingerprint density at radius 1 is 1.18 bits per heavy atom. The van der Waals surface area contributed by atoms with Crippen molar-refractivity contribution in [1.82, 2.24) is 4.98 Å². The van der Waals surface area contributed by atoms with Gasteiger partial charge in [-0.15, -0.1) is 0 Å². The zero-order chi connectivity index (χ0) is 19.7. The van der Waals surface area contributed by atoms with Gasteiger partial charge in [0.25, 0.3) is 0 Å². The molecule has 0 fully saturated rings. The van der Waals surface area contributed by atoms with Crippen LogP contribution in [0.3, 0.4) is 0 Å². The molecular weight excluding hydrogens is 447 g/mol. The van der Waals surface area contributed by atoms with Crippen molar-refractivity contribution in [3.8, 4) is 5.75 Å². The van der Waals surface area contributed by atoms with Crippen LogP contribution in [0.2, 0.25) is 5.15 Å². The van der Waals surface area contributed by atoms with Gasteiger partial charge in [0.1, 0.15) is 23.3 Å². The number of nitrogens with zero attached hydrogens (tertiary/aromatic N) is 2. The molecule has 0 saturated carbocycles. The molecule has 0 radical (unpaired) electrons. The fourth-order valence-electron chi connectivity index (χ4n) is 3.09. The Hall–Kier alpha value is -2.48. The van der Waals surface area contributed by atoms with Crippen LogP contribution in [0.4, 0.5) is 10.1 Å². The van der Waals surface area contributed by atoms with E-state index >= 15 is 0 Å². The molecule has 5 nitrogen and oxygen atoms in total. The van der Waals surface area contributed by atoms with Gasteiger partial charge in [-0.3, -0.25) is 5.73 Å². The molecule has 0 bridgehead atoms. The molecule has 0 saturated heterocycles. The number of benzene rings is 2. The Morgan fingerprint density at radius 3 is 2.82 bits per heavy atom. The highest BCUT2D eigenvalue weighted by atomic mass is 79.9. The smallest absolute Gasteiger partial charge is 0.167 e. The first kappa shape index (κ1) is 18.9. The molecule has 1 aliphatic rings. The van der Waals surface area contributed by atoms with Crippen molar-refractivity contribution >= 4 is 39.6 Å². The van der Waals surface area contributed by atoms with E-state index < -0.39 is 5.66 Å². The van der Waals surface area contributed by atoms with Crippen LogP contribution in [0.5, 0.6) is 5.75 Å². The summed E-state index contributed by atoms with van der Waals surface area (Å²) in [6.07, 6.45) is 3.13. The first-order chi connectivity index (χ1) is 13.5. The van der Waals surface area contributed by atoms with E-state index in [4.69, 9.17) is 22.1 Å². The SMILES string of the molecule is NC1(c2cccc(Br)c2OCc2cccc(F)c2)N=CNc2cnc(Cl)cc21. The van der Waals surface area contributed by atoms with Gasteiger partial charge >= 0.3 is 0 Å². The highest BCUT2D eigenvalue weighted by Gasteiger charge is 2.37. The van der Waals surface area contributed by atoms with Crippen molar-refractivity contribution in [2.75, 3.05) is 5.32 Å². The van der Waals surface area contributed by atoms with Gasteiger partial charge in [-0.2, -0.15) is 0 Å². The summed E-state index contributed by atoms with van der Waals surface area (Å²) in [4.78, 5) is 8.56. The number of hydrogen-bond donors (Lipinski definition) is 2. The second kappa shape index (κ2) is 7.50. The van der Waals surface area contributed by atoms with Gasteiger partial charge in [0.15, 0.2) is 5.66 Å². The maximum Gasteiger partial charge on any atom is 0.167 e. The molecule has 0 amide bonds. The zero-order valence-corrected chi connectivity index (χ0v) is 16.8. The van der Waals surface area contributed by atoms with Crippen LogP contribution in [0.1, 0.15) is 16.7 Å². The monoisotopic (exact) mass is 460 g/mol. The van der Waals surface area contributed by atoms with Crippen molar-refractivity contribution < 1.29 is 9.13 Å². The quantitative estimate of drug-likeness (QED) is 0.546. The van der Waals surface area contributed by atoms with Gasteiger partial charge in [0.05, 0.1) is 22.7 Å². The molecule has 1 unspecified atom stereocenters. The van der Waals surface area contributed by atoms with Gasteiger partial charge in [-0.25, -0.2) is 14.4 Å². The fraction of sp³-hybridized carbons (Fsp3) is 0.100. The van der Waals surface area contributed by atoms with Crippen LogP contribution >= 0.6 is 27.5 Å². The Labute approximate surface area is 174 Å². The van der Waals surface area contributed by atoms with Crippen molar-refractivity contribution in [3.05, 3.63) is 86.9 Å². The molecule has 28 heavy (non-hydrogen) atoms. The molecule has 1 aliphatic heterocycles. The van der Waals surface area contributed by atoms with Crippen LogP contribution < -0.4 is 15.8 Å². The number of nitrogens with one attached hydrogen (secondary N) is 1. The Bertz CT molecular complexity index is 1080. The molecule has 4 rings (SSSR count). The number of aromatic nitrogens is 1. The van der Waals surface area contributed by atoms with Gasteiger partial charge < -0.3 is 10.1 Å². The molecule has 142 valence electrons. The third-order valence-corrected chi connectivity index (χ3v) is 5.25. The second-order valence-electron chi connectivity index (χ2n) is 6.26. The number of rotatable bonds is 4. The molecular formula is C20H15BrClFN4O. The van der Waals surface area contributed by atoms with Crippen LogP contribution in [0, 0.1) is 5.82 Å². The van der Waals surface area contributed by atoms with E-state index in [9.17, 15) is 4.39 Å². The van der Waals surface area contributed by atoms with Crippen molar-refractivity contribution in [3.63, 3.8) is 0 Å². The van der Waals surface area contributed by atoms with Gasteiger partial charge in [-0.1, -0.05) is 35.9 Å². The summed E-state index contributed by atoms with van der Waals surface area (Å²) in [5.41, 5.74) is 8.23. The standard InChI is InChI=1S/C20H15BrClFN4O/c21-16-6-2-5-14(19(16)28-10-12-3-1-4-13(23)7-12)20(24)15-8-18(22)25-9-17(15)26-11-27-20/h1-9,11H,10,24H2,(H,26,27). The molecule has 0 spiro atoms. The van der Waals surface area contributed by atoms with E-state index in [2.05, 4.69) is 31.2 Å². The predicted octanol–water partition coefficient (Wildman–Crippen LogP) is 4.83. The zero-order valence-electron chi connectivity index (χ0n) is 14.5. The largest absolute Gasteiger partial charge is 0.487 e. The maximum absolute atomic E-state index is 13.5. The van der Waals surface area contributed by atoms with Crippen molar-refractivity contribution in [1.29, 1.82) is 0 Å². The lowest BCUT2D eigenvalue weighted by Gasteiger charge is -2.32. The van der Waals surface area contributed by atoms with Crippen molar-refractivity contribution in [2.45, 2.75) is 12.3 Å². The van der Waals surface area contributed by atoms with E-state index in [1.807, 2.05) is 18.2 Å². The van der Waals surface area contributed by atoms with Gasteiger partial charge in [0, 0.05) is 11.1 Å². The molecule has 2 aromatic carbocycles. The fourth-order valence-corrected chi connectivity index (χ4v) is 3.72. The van der Waals surface area contributed by atoms with Crippen LogP contribution in [0.25, 0.3) is 0 Å². The van der Waals surface area contributed by atoms with Gasteiger partial charge in [0.2, 0.25) is 0 Å². The van der Waals surface area contributed by atoms with Crippen molar-refractivity contribution in [2.24, 2.45) is 10.7 Å². The molecule has 3 aromatic rings. The minimum absolute atomic E-state index is 0.176. The van der Waals surface area contributed by atoms with E-state index in [1.165, 1.54) is 18.5 Å². The number of fused-ring (bicyclic) bond motifs is 1. The lowest BCUT2D eigenvalue weighted by Crippen LogP contribution is -2.40. The molecule has 1 atom stereocenters. The highest BCUT2D eigenvalue weighted by molar-refractivity contribution is 9.10. The topological polar surface area (TPSA) is 72.5 Å². The summed E-state index contributed by atoms with van der Waals surface area (Å²) in [6.45, 7) is 0.176. The summed E-state index contributed by atoms with van der Waals surface area (Å²) in [5.74, 6) is 0.204.